The molecule has 4 heteroatoms. The summed E-state index contributed by atoms with van der Waals surface area (Å²) in [7, 11) is 1.61. The summed E-state index contributed by atoms with van der Waals surface area (Å²) in [5.74, 6) is 1.53. The van der Waals surface area contributed by atoms with E-state index in [0.717, 1.165) is 11.5 Å². The molecule has 0 saturated carbocycles. The van der Waals surface area contributed by atoms with Crippen molar-refractivity contribution in [2.45, 2.75) is 12.8 Å². The summed E-state index contributed by atoms with van der Waals surface area (Å²) in [6.45, 7) is 4.55. The van der Waals surface area contributed by atoms with Crippen molar-refractivity contribution in [3.63, 3.8) is 0 Å². The molecule has 1 rings (SSSR count). The smallest absolute Gasteiger partial charge is 0.220 e. The summed E-state index contributed by atoms with van der Waals surface area (Å²) in [5.41, 5.74) is 0. The molecule has 1 amide bonds. The number of hydrogen-bond acceptors (Lipinski definition) is 3. The van der Waals surface area contributed by atoms with Crippen LogP contribution in [-0.4, -0.2) is 26.2 Å². The minimum Gasteiger partial charge on any atom is -0.497 e. The average Bonchev–Trinajstić information content (AvgIpc) is 2.41. The highest BCUT2D eigenvalue weighted by Crippen LogP contribution is 2.18. The maximum absolute atomic E-state index is 11.3. The Kier molecular flexibility index (Phi) is 6.40. The van der Waals surface area contributed by atoms with Gasteiger partial charge in [-0.2, -0.15) is 0 Å². The highest BCUT2D eigenvalue weighted by atomic mass is 16.5. The topological polar surface area (TPSA) is 47.6 Å². The monoisotopic (exact) mass is 249 g/mol. The van der Waals surface area contributed by atoms with Gasteiger partial charge in [0.2, 0.25) is 5.91 Å². The third kappa shape index (κ3) is 5.39. The Morgan fingerprint density at radius 3 is 2.94 bits per heavy atom. The second-order valence-electron chi connectivity index (χ2n) is 3.72. The Hall–Kier alpha value is -1.97. The van der Waals surface area contributed by atoms with E-state index in [1.807, 2.05) is 24.3 Å². The van der Waals surface area contributed by atoms with E-state index >= 15 is 0 Å². The van der Waals surface area contributed by atoms with Gasteiger partial charge >= 0.3 is 0 Å². The second-order valence-corrected chi connectivity index (χ2v) is 3.72. The Morgan fingerprint density at radius 1 is 1.44 bits per heavy atom. The molecule has 0 saturated heterocycles. The van der Waals surface area contributed by atoms with Gasteiger partial charge in [-0.05, 0) is 18.6 Å². The van der Waals surface area contributed by atoms with Gasteiger partial charge in [0.15, 0.2) is 0 Å². The fourth-order valence-corrected chi connectivity index (χ4v) is 1.39. The van der Waals surface area contributed by atoms with Crippen molar-refractivity contribution >= 4 is 5.91 Å². The predicted octanol–water partition coefficient (Wildman–Crippen LogP) is 2.16. The van der Waals surface area contributed by atoms with Crippen LogP contribution in [0.25, 0.3) is 0 Å². The molecule has 0 aromatic heterocycles. The molecule has 1 N–H and O–H groups in total. The first-order chi connectivity index (χ1) is 8.76. The predicted molar refractivity (Wildman–Crippen MR) is 70.9 cm³/mol. The molecule has 0 fully saturated rings. The van der Waals surface area contributed by atoms with Crippen LogP contribution in [0, 0.1) is 0 Å². The van der Waals surface area contributed by atoms with E-state index in [4.69, 9.17) is 9.47 Å². The molecule has 0 aliphatic heterocycles. The van der Waals surface area contributed by atoms with Crippen LogP contribution in [0.3, 0.4) is 0 Å². The van der Waals surface area contributed by atoms with Crippen LogP contribution in [0.2, 0.25) is 0 Å². The van der Waals surface area contributed by atoms with Crippen molar-refractivity contribution in [3.8, 4) is 11.5 Å². The third-order valence-electron chi connectivity index (χ3n) is 2.30. The van der Waals surface area contributed by atoms with Crippen LogP contribution < -0.4 is 14.8 Å². The number of ether oxygens (including phenoxy) is 2. The number of carbonyl (C=O) groups is 1. The van der Waals surface area contributed by atoms with Crippen molar-refractivity contribution < 1.29 is 14.3 Å². The largest absolute Gasteiger partial charge is 0.497 e. The highest BCUT2D eigenvalue weighted by molar-refractivity contribution is 5.75. The quantitative estimate of drug-likeness (QED) is 0.567. The van der Waals surface area contributed by atoms with Gasteiger partial charge in [-0.15, -0.1) is 6.58 Å². The Morgan fingerprint density at radius 2 is 2.22 bits per heavy atom. The van der Waals surface area contributed by atoms with Gasteiger partial charge in [-0.3, -0.25) is 4.79 Å². The van der Waals surface area contributed by atoms with E-state index in [-0.39, 0.29) is 5.91 Å². The van der Waals surface area contributed by atoms with E-state index in [9.17, 15) is 4.79 Å². The van der Waals surface area contributed by atoms with Crippen molar-refractivity contribution in [3.05, 3.63) is 36.9 Å². The first kappa shape index (κ1) is 14.1. The van der Waals surface area contributed by atoms with Crippen LogP contribution in [0.5, 0.6) is 11.5 Å². The number of benzene rings is 1. The first-order valence-corrected chi connectivity index (χ1v) is 5.90. The SMILES string of the molecule is C=CCNC(=O)CCCOc1cccc(OC)c1. The van der Waals surface area contributed by atoms with E-state index in [1.54, 1.807) is 13.2 Å². The Bertz CT molecular complexity index is 390. The third-order valence-corrected chi connectivity index (χ3v) is 2.30. The van der Waals surface area contributed by atoms with Gasteiger partial charge < -0.3 is 14.8 Å². The van der Waals surface area contributed by atoms with E-state index in [2.05, 4.69) is 11.9 Å². The van der Waals surface area contributed by atoms with Crippen molar-refractivity contribution in [1.82, 2.24) is 5.32 Å². The summed E-state index contributed by atoms with van der Waals surface area (Å²) in [6, 6.07) is 7.40. The molecule has 0 atom stereocenters. The summed E-state index contributed by atoms with van der Waals surface area (Å²) in [4.78, 5) is 11.3. The second kappa shape index (κ2) is 8.17. The molecule has 0 aliphatic carbocycles. The van der Waals surface area contributed by atoms with Gasteiger partial charge in [-0.1, -0.05) is 12.1 Å². The molecular weight excluding hydrogens is 230 g/mol. The highest BCUT2D eigenvalue weighted by Gasteiger charge is 2.00. The normalized spacial score (nSPS) is 9.61. The van der Waals surface area contributed by atoms with Crippen molar-refractivity contribution in [1.29, 1.82) is 0 Å². The number of rotatable bonds is 8. The van der Waals surface area contributed by atoms with Crippen molar-refractivity contribution in [2.24, 2.45) is 0 Å². The van der Waals surface area contributed by atoms with Crippen LogP contribution in [0.1, 0.15) is 12.8 Å². The molecule has 4 nitrogen and oxygen atoms in total. The zero-order valence-electron chi connectivity index (χ0n) is 10.6. The molecule has 0 spiro atoms. The maximum Gasteiger partial charge on any atom is 0.220 e. The lowest BCUT2D eigenvalue weighted by Gasteiger charge is -2.07. The van der Waals surface area contributed by atoms with Crippen LogP contribution in [0.4, 0.5) is 0 Å². The van der Waals surface area contributed by atoms with Gasteiger partial charge in [-0.25, -0.2) is 0 Å². The Balaban J connectivity index is 2.20. The zero-order valence-corrected chi connectivity index (χ0v) is 10.6. The van der Waals surface area contributed by atoms with Crippen LogP contribution >= 0.6 is 0 Å². The maximum atomic E-state index is 11.3. The molecule has 0 unspecified atom stereocenters. The average molecular weight is 249 g/mol. The molecular formula is C14H19NO3. The molecule has 18 heavy (non-hydrogen) atoms. The van der Waals surface area contributed by atoms with Gasteiger partial charge in [0.1, 0.15) is 11.5 Å². The summed E-state index contributed by atoms with van der Waals surface area (Å²) >= 11 is 0. The first-order valence-electron chi connectivity index (χ1n) is 5.90. The standard InChI is InChI=1S/C14H19NO3/c1-3-9-15-14(16)8-5-10-18-13-7-4-6-12(11-13)17-2/h3-4,6-7,11H,1,5,8-10H2,2H3,(H,15,16). The van der Waals surface area contributed by atoms with E-state index in [0.29, 0.717) is 26.0 Å². The van der Waals surface area contributed by atoms with Crippen molar-refractivity contribution in [2.75, 3.05) is 20.3 Å². The number of carbonyl (C=O) groups excluding carboxylic acids is 1. The van der Waals surface area contributed by atoms with E-state index in [1.165, 1.54) is 0 Å². The summed E-state index contributed by atoms with van der Waals surface area (Å²) in [5, 5.41) is 2.72. The lowest BCUT2D eigenvalue weighted by molar-refractivity contribution is -0.121. The number of hydrogen-bond donors (Lipinski definition) is 1. The lowest BCUT2D eigenvalue weighted by Crippen LogP contribution is -2.23. The fourth-order valence-electron chi connectivity index (χ4n) is 1.39. The molecule has 0 aliphatic rings. The van der Waals surface area contributed by atoms with Gasteiger partial charge in [0.05, 0.1) is 13.7 Å². The molecule has 0 radical (unpaired) electrons. The minimum atomic E-state index is 0.0177. The summed E-state index contributed by atoms with van der Waals surface area (Å²) in [6.07, 6.45) is 2.79. The molecule has 98 valence electrons. The number of methoxy groups -OCH3 is 1. The van der Waals surface area contributed by atoms with Gasteiger partial charge in [0.25, 0.3) is 0 Å². The molecule has 0 bridgehead atoms. The minimum absolute atomic E-state index is 0.0177. The molecule has 1 aromatic rings. The Labute approximate surface area is 108 Å². The van der Waals surface area contributed by atoms with E-state index < -0.39 is 0 Å². The van der Waals surface area contributed by atoms with Crippen LogP contribution in [-0.2, 0) is 4.79 Å². The lowest BCUT2D eigenvalue weighted by atomic mass is 10.3. The number of amides is 1. The van der Waals surface area contributed by atoms with Gasteiger partial charge in [0, 0.05) is 19.0 Å². The zero-order chi connectivity index (χ0) is 13.2. The summed E-state index contributed by atoms with van der Waals surface area (Å²) < 4.78 is 10.6. The number of nitrogens with one attached hydrogen (secondary N) is 1. The molecule has 0 heterocycles. The van der Waals surface area contributed by atoms with Crippen LogP contribution in [0.15, 0.2) is 36.9 Å². The molecule has 1 aromatic carbocycles. The fraction of sp³-hybridized carbons (Fsp3) is 0.357.